The highest BCUT2D eigenvalue weighted by atomic mass is 32.2. The van der Waals surface area contributed by atoms with Crippen LogP contribution in [0.3, 0.4) is 0 Å². The summed E-state index contributed by atoms with van der Waals surface area (Å²) in [4.78, 5) is -0.346. The Balaban J connectivity index is 2.57. The molecular formula is C14H20FNO3S. The fourth-order valence-electron chi connectivity index (χ4n) is 2.32. The summed E-state index contributed by atoms with van der Waals surface area (Å²) in [6.07, 6.45) is 1.61. The second-order valence-electron chi connectivity index (χ2n) is 5.62. The Morgan fingerprint density at radius 1 is 1.40 bits per heavy atom. The second-order valence-corrected chi connectivity index (χ2v) is 7.50. The first-order valence-electron chi connectivity index (χ1n) is 6.75. The van der Waals surface area contributed by atoms with Gasteiger partial charge in [0.05, 0.1) is 6.54 Å². The Labute approximate surface area is 119 Å². The number of hydrogen-bond acceptors (Lipinski definition) is 3. The fourth-order valence-corrected chi connectivity index (χ4v) is 4.11. The molecule has 1 aromatic rings. The van der Waals surface area contributed by atoms with Gasteiger partial charge in [-0.25, -0.2) is 12.8 Å². The summed E-state index contributed by atoms with van der Waals surface area (Å²) in [6, 6.07) is 4.11. The normalized spacial score (nSPS) is 20.8. The number of fused-ring (bicyclic) bond motifs is 1. The van der Waals surface area contributed by atoms with Crippen molar-refractivity contribution in [3.8, 4) is 5.75 Å². The monoisotopic (exact) mass is 301 g/mol. The number of ether oxygens (including phenoxy) is 1. The summed E-state index contributed by atoms with van der Waals surface area (Å²) in [5.74, 6) is -0.671. The van der Waals surface area contributed by atoms with Crippen molar-refractivity contribution in [1.29, 1.82) is 0 Å². The first kappa shape index (κ1) is 15.3. The number of sulfonamides is 1. The lowest BCUT2D eigenvalue weighted by atomic mass is 10.1. The minimum absolute atomic E-state index is 0.0917. The molecule has 0 aliphatic carbocycles. The summed E-state index contributed by atoms with van der Waals surface area (Å²) in [5, 5.41) is 0. The molecule has 2 rings (SSSR count). The lowest BCUT2D eigenvalue weighted by Gasteiger charge is -2.28. The highest BCUT2D eigenvalue weighted by Crippen LogP contribution is 2.36. The third-order valence-corrected chi connectivity index (χ3v) is 5.14. The van der Waals surface area contributed by atoms with Gasteiger partial charge >= 0.3 is 0 Å². The van der Waals surface area contributed by atoms with Crippen LogP contribution in [0.4, 0.5) is 4.39 Å². The van der Waals surface area contributed by atoms with Crippen LogP contribution in [0.5, 0.6) is 5.75 Å². The molecule has 6 heteroatoms. The van der Waals surface area contributed by atoms with Gasteiger partial charge in [0.15, 0.2) is 4.90 Å². The first-order valence-corrected chi connectivity index (χ1v) is 8.19. The lowest BCUT2D eigenvalue weighted by molar-refractivity contribution is 0.0879. The van der Waals surface area contributed by atoms with Gasteiger partial charge in [-0.1, -0.05) is 19.4 Å². The Morgan fingerprint density at radius 3 is 2.75 bits per heavy atom. The lowest BCUT2D eigenvalue weighted by Crippen LogP contribution is -2.43. The largest absolute Gasteiger partial charge is 0.485 e. The average Bonchev–Trinajstić information content (AvgIpc) is 2.40. The van der Waals surface area contributed by atoms with Crippen molar-refractivity contribution in [2.45, 2.75) is 44.1 Å². The van der Waals surface area contributed by atoms with Crippen molar-refractivity contribution in [1.82, 2.24) is 4.31 Å². The third-order valence-electron chi connectivity index (χ3n) is 3.23. The standard InChI is InChI=1S/C14H20FNO3S/c1-4-5-9-16-10-14(2,3)19-12-8-6-7-11(15)13(12)20(16,17)18/h6-8H,4-5,9-10H2,1-3H3. The molecule has 1 aliphatic heterocycles. The zero-order chi connectivity index (χ0) is 15.0. The summed E-state index contributed by atoms with van der Waals surface area (Å²) in [7, 11) is -3.86. The molecule has 0 radical (unpaired) electrons. The molecule has 0 spiro atoms. The minimum atomic E-state index is -3.86. The highest BCUT2D eigenvalue weighted by Gasteiger charge is 2.39. The summed E-state index contributed by atoms with van der Waals surface area (Å²) in [6.45, 7) is 6.19. The number of halogens is 1. The van der Waals surface area contributed by atoms with E-state index in [0.717, 1.165) is 18.9 Å². The molecule has 1 heterocycles. The van der Waals surface area contributed by atoms with Crippen molar-refractivity contribution in [2.24, 2.45) is 0 Å². The van der Waals surface area contributed by atoms with Crippen LogP contribution in [-0.4, -0.2) is 31.4 Å². The van der Waals surface area contributed by atoms with Crippen molar-refractivity contribution < 1.29 is 17.5 Å². The maximum absolute atomic E-state index is 14.0. The van der Waals surface area contributed by atoms with E-state index in [1.54, 1.807) is 0 Å². The van der Waals surface area contributed by atoms with E-state index in [1.165, 1.54) is 16.4 Å². The summed E-state index contributed by atoms with van der Waals surface area (Å²) < 4.78 is 46.3. The molecule has 0 saturated heterocycles. The van der Waals surface area contributed by atoms with E-state index in [1.807, 2.05) is 20.8 Å². The van der Waals surface area contributed by atoms with Crippen LogP contribution in [0.15, 0.2) is 23.1 Å². The second kappa shape index (κ2) is 5.33. The van der Waals surface area contributed by atoms with Gasteiger partial charge in [-0.05, 0) is 32.4 Å². The molecule has 1 aromatic carbocycles. The van der Waals surface area contributed by atoms with Gasteiger partial charge in [0.1, 0.15) is 17.2 Å². The number of benzene rings is 1. The van der Waals surface area contributed by atoms with Crippen LogP contribution in [0.2, 0.25) is 0 Å². The molecule has 0 fully saturated rings. The SMILES string of the molecule is CCCCN1CC(C)(C)Oc2cccc(F)c2S1(=O)=O. The van der Waals surface area contributed by atoms with Crippen LogP contribution in [0.1, 0.15) is 33.6 Å². The zero-order valence-electron chi connectivity index (χ0n) is 12.0. The van der Waals surface area contributed by atoms with Crippen molar-refractivity contribution in [2.75, 3.05) is 13.1 Å². The molecule has 0 bridgehead atoms. The molecule has 112 valence electrons. The van der Waals surface area contributed by atoms with E-state index in [2.05, 4.69) is 0 Å². The van der Waals surface area contributed by atoms with Crippen LogP contribution in [0.25, 0.3) is 0 Å². The van der Waals surface area contributed by atoms with E-state index in [9.17, 15) is 12.8 Å². The van der Waals surface area contributed by atoms with Gasteiger partial charge in [-0.2, -0.15) is 4.31 Å². The maximum atomic E-state index is 14.0. The van der Waals surface area contributed by atoms with Gasteiger partial charge in [0, 0.05) is 6.54 Å². The molecule has 4 nitrogen and oxygen atoms in total. The van der Waals surface area contributed by atoms with Crippen molar-refractivity contribution in [3.63, 3.8) is 0 Å². The topological polar surface area (TPSA) is 46.6 Å². The summed E-state index contributed by atoms with van der Waals surface area (Å²) >= 11 is 0. The van der Waals surface area contributed by atoms with Crippen LogP contribution >= 0.6 is 0 Å². The smallest absolute Gasteiger partial charge is 0.249 e. The minimum Gasteiger partial charge on any atom is -0.485 e. The van der Waals surface area contributed by atoms with Gasteiger partial charge < -0.3 is 4.74 Å². The van der Waals surface area contributed by atoms with E-state index >= 15 is 0 Å². The highest BCUT2D eigenvalue weighted by molar-refractivity contribution is 7.89. The van der Waals surface area contributed by atoms with Gasteiger partial charge in [0.2, 0.25) is 10.0 Å². The Kier molecular flexibility index (Phi) is 4.07. The van der Waals surface area contributed by atoms with Crippen molar-refractivity contribution >= 4 is 10.0 Å². The predicted molar refractivity (Wildman–Crippen MR) is 74.8 cm³/mol. The fraction of sp³-hybridized carbons (Fsp3) is 0.571. The maximum Gasteiger partial charge on any atom is 0.249 e. The van der Waals surface area contributed by atoms with E-state index in [-0.39, 0.29) is 17.2 Å². The molecule has 20 heavy (non-hydrogen) atoms. The number of nitrogens with zero attached hydrogens (tertiary/aromatic N) is 1. The molecule has 1 aliphatic rings. The number of rotatable bonds is 3. The van der Waals surface area contributed by atoms with Gasteiger partial charge in [-0.15, -0.1) is 0 Å². The first-order chi connectivity index (χ1) is 9.28. The molecule has 0 atom stereocenters. The molecule has 0 amide bonds. The van der Waals surface area contributed by atoms with E-state index < -0.39 is 21.4 Å². The number of hydrogen-bond donors (Lipinski definition) is 0. The van der Waals surface area contributed by atoms with Crippen LogP contribution < -0.4 is 4.74 Å². The summed E-state index contributed by atoms with van der Waals surface area (Å²) in [5.41, 5.74) is -0.695. The predicted octanol–water partition coefficient (Wildman–Crippen LogP) is 2.79. The number of unbranched alkanes of at least 4 members (excludes halogenated alkanes) is 1. The Morgan fingerprint density at radius 2 is 2.10 bits per heavy atom. The van der Waals surface area contributed by atoms with E-state index in [0.29, 0.717) is 6.54 Å². The molecule has 0 unspecified atom stereocenters. The van der Waals surface area contributed by atoms with Gasteiger partial charge in [-0.3, -0.25) is 0 Å². The Hall–Kier alpha value is -1.14. The van der Waals surface area contributed by atoms with Crippen LogP contribution in [0, 0.1) is 5.82 Å². The zero-order valence-corrected chi connectivity index (χ0v) is 12.8. The molecule has 0 aromatic heterocycles. The van der Waals surface area contributed by atoms with Gasteiger partial charge in [0.25, 0.3) is 0 Å². The quantitative estimate of drug-likeness (QED) is 0.862. The third kappa shape index (κ3) is 2.81. The molecule has 0 saturated carbocycles. The van der Waals surface area contributed by atoms with Crippen molar-refractivity contribution in [3.05, 3.63) is 24.0 Å². The average molecular weight is 301 g/mol. The van der Waals surface area contributed by atoms with E-state index in [4.69, 9.17) is 4.74 Å². The molecular weight excluding hydrogens is 281 g/mol. The Bertz CT molecular complexity index is 598. The van der Waals surface area contributed by atoms with Crippen LogP contribution in [-0.2, 0) is 10.0 Å². The molecule has 0 N–H and O–H groups in total.